The number of hydrogen-bond donors (Lipinski definition) is 1. The molecule has 4 rings (SSSR count). The number of carbonyl (C=O) groups excluding carboxylic acids is 1. The van der Waals surface area contributed by atoms with Crippen LogP contribution in [0.4, 0.5) is 4.39 Å². The number of carbonyl (C=O) groups is 1. The molecule has 1 aromatic heterocycles. The molecule has 2 aromatic rings. The molecule has 132 valence electrons. The van der Waals surface area contributed by atoms with Gasteiger partial charge in [-0.25, -0.2) is 4.39 Å². The zero-order valence-corrected chi connectivity index (χ0v) is 14.1. The van der Waals surface area contributed by atoms with E-state index in [4.69, 9.17) is 4.74 Å². The fourth-order valence-corrected chi connectivity index (χ4v) is 3.40. The molecule has 0 saturated heterocycles. The molecule has 1 aromatic carbocycles. The van der Waals surface area contributed by atoms with Crippen molar-refractivity contribution in [1.29, 1.82) is 0 Å². The first-order valence-electron chi connectivity index (χ1n) is 8.83. The van der Waals surface area contributed by atoms with E-state index in [1.54, 1.807) is 0 Å². The summed E-state index contributed by atoms with van der Waals surface area (Å²) in [6.45, 7) is 1.55. The zero-order valence-electron chi connectivity index (χ0n) is 14.1. The highest BCUT2D eigenvalue weighted by Gasteiger charge is 2.44. The minimum absolute atomic E-state index is 0.264. The van der Waals surface area contributed by atoms with Gasteiger partial charge in [-0.2, -0.15) is 5.10 Å². The summed E-state index contributed by atoms with van der Waals surface area (Å²) in [6, 6.07) is 10.1. The molecule has 0 unspecified atom stereocenters. The molecule has 0 radical (unpaired) electrons. The Morgan fingerprint density at radius 3 is 2.88 bits per heavy atom. The van der Waals surface area contributed by atoms with E-state index < -0.39 is 11.6 Å². The maximum Gasteiger partial charge on any atom is 0.257 e. The summed E-state index contributed by atoms with van der Waals surface area (Å²) in [5.41, 5.74) is 1.49. The quantitative estimate of drug-likeness (QED) is 0.908. The third kappa shape index (κ3) is 3.31. The molecule has 1 fully saturated rings. The van der Waals surface area contributed by atoms with Crippen LogP contribution < -0.4 is 5.32 Å². The minimum atomic E-state index is -1.68. The molecule has 2 aliphatic rings. The lowest BCUT2D eigenvalue weighted by atomic mass is 9.81. The van der Waals surface area contributed by atoms with E-state index in [1.165, 1.54) is 5.56 Å². The Bertz CT molecular complexity index is 755. The molecule has 1 amide bonds. The Labute approximate surface area is 146 Å². The average Bonchev–Trinajstić information content (AvgIpc) is 3.01. The maximum absolute atomic E-state index is 14.1. The molecule has 6 heteroatoms. The number of aromatic nitrogens is 2. The van der Waals surface area contributed by atoms with Gasteiger partial charge in [-0.1, -0.05) is 30.3 Å². The fraction of sp³-hybridized carbons (Fsp3) is 0.474. The van der Waals surface area contributed by atoms with E-state index in [1.807, 2.05) is 29.1 Å². The van der Waals surface area contributed by atoms with Crippen LogP contribution in [-0.4, -0.2) is 34.5 Å². The number of alkyl halides is 1. The van der Waals surface area contributed by atoms with Gasteiger partial charge in [0, 0.05) is 12.7 Å². The fourth-order valence-electron chi connectivity index (χ4n) is 3.40. The molecule has 0 bridgehead atoms. The lowest BCUT2D eigenvalue weighted by molar-refractivity contribution is -0.139. The Morgan fingerprint density at radius 1 is 1.36 bits per heavy atom. The minimum Gasteiger partial charge on any atom is -0.370 e. The van der Waals surface area contributed by atoms with Gasteiger partial charge in [-0.15, -0.1) is 0 Å². The standard InChI is InChI=1S/C19H22FN3O2/c20-19(8-4-9-19)18(24)21-11-16-17-15(7-10-25-16)13-23(22-17)12-14-5-2-1-3-6-14/h1-3,5-6,13,16H,4,7-12H2,(H,21,24)/t16-/m1/s1. The molecule has 2 heterocycles. The molecule has 5 nitrogen and oxygen atoms in total. The van der Waals surface area contributed by atoms with E-state index in [0.717, 1.165) is 24.1 Å². The lowest BCUT2D eigenvalue weighted by Crippen LogP contribution is -2.49. The van der Waals surface area contributed by atoms with E-state index in [2.05, 4.69) is 22.5 Å². The second-order valence-electron chi connectivity index (χ2n) is 6.86. The second kappa shape index (κ2) is 6.59. The predicted octanol–water partition coefficient (Wildman–Crippen LogP) is 2.55. The lowest BCUT2D eigenvalue weighted by Gasteiger charge is -2.32. The molecule has 1 aliphatic heterocycles. The number of ether oxygens (including phenoxy) is 1. The van der Waals surface area contributed by atoms with Gasteiger partial charge in [0.2, 0.25) is 0 Å². The zero-order chi connectivity index (χ0) is 17.3. The summed E-state index contributed by atoms with van der Waals surface area (Å²) in [6.07, 6.45) is 3.96. The third-order valence-corrected chi connectivity index (χ3v) is 5.05. The predicted molar refractivity (Wildman–Crippen MR) is 90.9 cm³/mol. The molecule has 1 atom stereocenters. The van der Waals surface area contributed by atoms with Crippen molar-refractivity contribution in [2.24, 2.45) is 0 Å². The monoisotopic (exact) mass is 343 g/mol. The average molecular weight is 343 g/mol. The Kier molecular flexibility index (Phi) is 4.29. The number of nitrogens with one attached hydrogen (secondary N) is 1. The maximum atomic E-state index is 14.1. The topological polar surface area (TPSA) is 56.1 Å². The van der Waals surface area contributed by atoms with Crippen molar-refractivity contribution < 1.29 is 13.9 Å². The van der Waals surface area contributed by atoms with E-state index in [9.17, 15) is 9.18 Å². The summed E-state index contributed by atoms with van der Waals surface area (Å²) in [5.74, 6) is -0.516. The van der Waals surface area contributed by atoms with Crippen molar-refractivity contribution in [3.63, 3.8) is 0 Å². The van der Waals surface area contributed by atoms with Crippen molar-refractivity contribution in [1.82, 2.24) is 15.1 Å². The van der Waals surface area contributed by atoms with Crippen molar-refractivity contribution in [2.45, 2.75) is 44.0 Å². The van der Waals surface area contributed by atoms with Crippen LogP contribution in [0.3, 0.4) is 0 Å². The van der Waals surface area contributed by atoms with Crippen LogP contribution in [0.15, 0.2) is 36.5 Å². The van der Waals surface area contributed by atoms with Crippen LogP contribution in [0.2, 0.25) is 0 Å². The number of nitrogens with zero attached hydrogens (tertiary/aromatic N) is 2. The Balaban J connectivity index is 1.43. The summed E-state index contributed by atoms with van der Waals surface area (Å²) in [5, 5.41) is 7.35. The summed E-state index contributed by atoms with van der Waals surface area (Å²) >= 11 is 0. The van der Waals surface area contributed by atoms with Crippen LogP contribution in [0, 0.1) is 0 Å². The number of amides is 1. The van der Waals surface area contributed by atoms with E-state index in [0.29, 0.717) is 26.0 Å². The van der Waals surface area contributed by atoms with Crippen LogP contribution in [-0.2, 0) is 22.5 Å². The first-order valence-corrected chi connectivity index (χ1v) is 8.83. The van der Waals surface area contributed by atoms with Gasteiger partial charge in [0.25, 0.3) is 5.91 Å². The summed E-state index contributed by atoms with van der Waals surface area (Å²) in [7, 11) is 0. The van der Waals surface area contributed by atoms with E-state index in [-0.39, 0.29) is 12.6 Å². The number of halogens is 1. The first kappa shape index (κ1) is 16.3. The van der Waals surface area contributed by atoms with Crippen LogP contribution in [0.1, 0.15) is 42.2 Å². The van der Waals surface area contributed by atoms with Crippen molar-refractivity contribution in [2.75, 3.05) is 13.2 Å². The van der Waals surface area contributed by atoms with Gasteiger partial charge in [0.15, 0.2) is 5.67 Å². The normalized spacial score (nSPS) is 21.2. The van der Waals surface area contributed by atoms with Crippen molar-refractivity contribution in [3.05, 3.63) is 53.3 Å². The van der Waals surface area contributed by atoms with Crippen LogP contribution >= 0.6 is 0 Å². The molecular formula is C19H22FN3O2. The third-order valence-electron chi connectivity index (χ3n) is 5.05. The highest BCUT2D eigenvalue weighted by atomic mass is 19.1. The van der Waals surface area contributed by atoms with Gasteiger partial charge in [-0.3, -0.25) is 9.48 Å². The second-order valence-corrected chi connectivity index (χ2v) is 6.86. The van der Waals surface area contributed by atoms with Gasteiger partial charge in [0.05, 0.1) is 18.8 Å². The Morgan fingerprint density at radius 2 is 2.16 bits per heavy atom. The van der Waals surface area contributed by atoms with Crippen molar-refractivity contribution in [3.8, 4) is 0 Å². The van der Waals surface area contributed by atoms with Crippen LogP contribution in [0.25, 0.3) is 0 Å². The van der Waals surface area contributed by atoms with Gasteiger partial charge < -0.3 is 10.1 Å². The van der Waals surface area contributed by atoms with Gasteiger partial charge in [0.1, 0.15) is 6.10 Å². The Hall–Kier alpha value is -2.21. The van der Waals surface area contributed by atoms with E-state index >= 15 is 0 Å². The largest absolute Gasteiger partial charge is 0.370 e. The van der Waals surface area contributed by atoms with Crippen molar-refractivity contribution >= 4 is 5.91 Å². The highest BCUT2D eigenvalue weighted by molar-refractivity contribution is 5.86. The SMILES string of the molecule is O=C(NC[C@H]1OCCc2cn(Cc3ccccc3)nc21)C1(F)CCC1. The molecule has 25 heavy (non-hydrogen) atoms. The molecule has 1 aliphatic carbocycles. The molecule has 0 spiro atoms. The first-order chi connectivity index (χ1) is 12.1. The molecular weight excluding hydrogens is 321 g/mol. The summed E-state index contributed by atoms with van der Waals surface area (Å²) < 4.78 is 21.8. The number of rotatable bonds is 5. The summed E-state index contributed by atoms with van der Waals surface area (Å²) in [4.78, 5) is 12.0. The number of fused-ring (bicyclic) bond motifs is 1. The molecule has 1 N–H and O–H groups in total. The van der Waals surface area contributed by atoms with Gasteiger partial charge >= 0.3 is 0 Å². The highest BCUT2D eigenvalue weighted by Crippen LogP contribution is 2.36. The van der Waals surface area contributed by atoms with Gasteiger partial charge in [-0.05, 0) is 36.8 Å². The molecule has 1 saturated carbocycles. The van der Waals surface area contributed by atoms with Crippen LogP contribution in [0.5, 0.6) is 0 Å². The number of benzene rings is 1. The number of hydrogen-bond acceptors (Lipinski definition) is 3. The smallest absolute Gasteiger partial charge is 0.257 e.